The number of thiophene rings is 1. The molecule has 11 heteroatoms. The van der Waals surface area contributed by atoms with Crippen molar-refractivity contribution in [2.45, 2.75) is 64.5 Å². The summed E-state index contributed by atoms with van der Waals surface area (Å²) in [6.07, 6.45) is 7.06. The fourth-order valence-corrected chi connectivity index (χ4v) is 8.62. The number of benzene rings is 2. The van der Waals surface area contributed by atoms with Gasteiger partial charge in [0.05, 0.1) is 37.9 Å². The average Bonchev–Trinajstić information content (AvgIpc) is 3.59. The number of hydrogen-bond donors (Lipinski definition) is 2. The highest BCUT2D eigenvalue weighted by Crippen LogP contribution is 2.44. The number of amides is 3. The van der Waals surface area contributed by atoms with Gasteiger partial charge in [-0.05, 0) is 113 Å². The third-order valence-electron chi connectivity index (χ3n) is 10.7. The fourth-order valence-electron chi connectivity index (χ4n) is 7.57. The molecule has 2 N–H and O–H groups in total. The summed E-state index contributed by atoms with van der Waals surface area (Å²) < 4.78 is 5.57. The van der Waals surface area contributed by atoms with Crippen molar-refractivity contribution in [3.05, 3.63) is 99.4 Å². The number of nitrogens with zero attached hydrogens (tertiary/aromatic N) is 4. The monoisotopic (exact) mass is 702 g/mol. The molecule has 2 aromatic heterocycles. The summed E-state index contributed by atoms with van der Waals surface area (Å²) in [7, 11) is 0. The number of aromatic nitrogens is 1. The summed E-state index contributed by atoms with van der Waals surface area (Å²) in [5.74, 6) is 0.200. The van der Waals surface area contributed by atoms with Crippen molar-refractivity contribution in [3.8, 4) is 0 Å². The largest absolute Gasteiger partial charge is 0.381 e. The number of nitrogens with one attached hydrogen (secondary N) is 2. The number of carbonyl (C=O) groups excluding carboxylic acids is 3. The van der Waals surface area contributed by atoms with E-state index in [-0.39, 0.29) is 29.2 Å². The van der Waals surface area contributed by atoms with E-state index >= 15 is 0 Å². The second-order valence-electron chi connectivity index (χ2n) is 14.8. The van der Waals surface area contributed by atoms with Crippen LogP contribution in [0.5, 0.6) is 0 Å². The van der Waals surface area contributed by atoms with Gasteiger partial charge in [-0.1, -0.05) is 12.1 Å². The van der Waals surface area contributed by atoms with Gasteiger partial charge >= 0.3 is 0 Å². The van der Waals surface area contributed by atoms with Gasteiger partial charge in [-0.3, -0.25) is 19.3 Å². The Balaban J connectivity index is 1.01. The number of carbonyl (C=O) groups is 3. The number of aryl methyl sites for hydroxylation is 1. The number of hydrogen-bond acceptors (Lipinski definition) is 8. The number of anilines is 3. The van der Waals surface area contributed by atoms with Crippen LogP contribution in [0.15, 0.2) is 77.9 Å². The van der Waals surface area contributed by atoms with E-state index in [2.05, 4.69) is 20.5 Å². The maximum atomic E-state index is 14.4. The van der Waals surface area contributed by atoms with Crippen LogP contribution in [0.1, 0.15) is 86.8 Å². The van der Waals surface area contributed by atoms with Crippen molar-refractivity contribution in [3.63, 3.8) is 0 Å². The van der Waals surface area contributed by atoms with Gasteiger partial charge in [-0.15, -0.1) is 11.3 Å². The zero-order valence-corrected chi connectivity index (χ0v) is 30.0. The Hall–Kier alpha value is -4.87. The standard InChI is InChI=1S/C40H42N6O4S/c1-25-21-29(35(41-22-25)45-23-40(24-45)17-19-50-20-18-40)36(47)42-28-13-11-26(12-14-28)38(49)46-31-10-5-4-9-30(31)44-34(39(46,2)3)32-15-16-33(51-32)37(48)43-27-7-6-8-27/h4-5,9-16,21-22,27H,6-8,17-20,23-24H2,1-3H3,(H,42,47)(H,43,48). The van der Waals surface area contributed by atoms with Gasteiger partial charge < -0.3 is 20.3 Å². The van der Waals surface area contributed by atoms with E-state index in [9.17, 15) is 14.4 Å². The number of fused-ring (bicyclic) bond motifs is 1. The second-order valence-corrected chi connectivity index (χ2v) is 15.9. The zero-order valence-electron chi connectivity index (χ0n) is 29.2. The summed E-state index contributed by atoms with van der Waals surface area (Å²) >= 11 is 1.40. The van der Waals surface area contributed by atoms with Crippen LogP contribution in [0, 0.1) is 12.3 Å². The van der Waals surface area contributed by atoms with Crippen molar-refractivity contribution in [2.75, 3.05) is 41.4 Å². The van der Waals surface area contributed by atoms with Crippen molar-refractivity contribution >= 4 is 57.7 Å². The van der Waals surface area contributed by atoms with Crippen LogP contribution in [0.25, 0.3) is 0 Å². The molecule has 1 aliphatic carbocycles. The lowest BCUT2D eigenvalue weighted by Gasteiger charge is -2.53. The molecule has 5 heterocycles. The molecule has 3 fully saturated rings. The van der Waals surface area contributed by atoms with Crippen LogP contribution >= 0.6 is 11.3 Å². The molecule has 0 radical (unpaired) electrons. The van der Waals surface area contributed by atoms with Crippen LogP contribution < -0.4 is 20.4 Å². The quantitative estimate of drug-likeness (QED) is 0.211. The molecule has 4 aliphatic rings. The van der Waals surface area contributed by atoms with Gasteiger partial charge in [0.25, 0.3) is 17.7 Å². The van der Waals surface area contributed by atoms with Crippen LogP contribution in [-0.2, 0) is 4.74 Å². The third-order valence-corrected chi connectivity index (χ3v) is 11.8. The molecule has 3 amide bonds. The molecule has 2 aromatic carbocycles. The minimum absolute atomic E-state index is 0.0653. The van der Waals surface area contributed by atoms with Crippen molar-refractivity contribution in [1.82, 2.24) is 10.3 Å². The van der Waals surface area contributed by atoms with E-state index in [1.807, 2.05) is 69.4 Å². The lowest BCUT2D eigenvalue weighted by Crippen LogP contribution is -2.59. The zero-order chi connectivity index (χ0) is 35.3. The van der Waals surface area contributed by atoms with E-state index in [1.165, 1.54) is 11.3 Å². The Morgan fingerprint density at radius 2 is 1.69 bits per heavy atom. The lowest BCUT2D eigenvalue weighted by atomic mass is 9.73. The van der Waals surface area contributed by atoms with Gasteiger partial charge in [0.2, 0.25) is 0 Å². The highest BCUT2D eigenvalue weighted by Gasteiger charge is 2.45. The molecular weight excluding hydrogens is 661 g/mol. The van der Waals surface area contributed by atoms with E-state index in [0.29, 0.717) is 38.9 Å². The molecule has 4 aromatic rings. The second kappa shape index (κ2) is 13.0. The smallest absolute Gasteiger partial charge is 0.261 e. The van der Waals surface area contributed by atoms with Gasteiger partial charge in [-0.2, -0.15) is 0 Å². The Labute approximate surface area is 301 Å². The molecule has 8 rings (SSSR count). The molecule has 1 saturated carbocycles. The highest BCUT2D eigenvalue weighted by molar-refractivity contribution is 7.16. The maximum absolute atomic E-state index is 14.4. The molecule has 2 saturated heterocycles. The lowest BCUT2D eigenvalue weighted by molar-refractivity contribution is -0.000511. The van der Waals surface area contributed by atoms with Crippen molar-refractivity contribution in [2.24, 2.45) is 10.4 Å². The Kier molecular flexibility index (Phi) is 8.50. The van der Waals surface area contributed by atoms with Crippen LogP contribution in [0.4, 0.5) is 22.9 Å². The number of rotatable bonds is 7. The molecule has 51 heavy (non-hydrogen) atoms. The molecule has 0 atom stereocenters. The van der Waals surface area contributed by atoms with Gasteiger partial charge in [0, 0.05) is 55.2 Å². The average molecular weight is 703 g/mol. The summed E-state index contributed by atoms with van der Waals surface area (Å²) in [5, 5.41) is 6.15. The van der Waals surface area contributed by atoms with E-state index in [0.717, 1.165) is 74.6 Å². The van der Waals surface area contributed by atoms with Crippen molar-refractivity contribution in [1.29, 1.82) is 0 Å². The number of aliphatic imine (C=N–C) groups is 1. The maximum Gasteiger partial charge on any atom is 0.261 e. The first-order valence-corrected chi connectivity index (χ1v) is 18.6. The number of ether oxygens (including phenoxy) is 1. The molecular formula is C40H42N6O4S. The number of para-hydroxylation sites is 2. The first-order valence-electron chi connectivity index (χ1n) is 17.7. The van der Waals surface area contributed by atoms with Crippen LogP contribution in [0.2, 0.25) is 0 Å². The normalized spacial score (nSPS) is 19.0. The van der Waals surface area contributed by atoms with E-state index in [1.54, 1.807) is 29.2 Å². The molecule has 0 unspecified atom stereocenters. The minimum atomic E-state index is -0.834. The molecule has 262 valence electrons. The first-order chi connectivity index (χ1) is 24.6. The summed E-state index contributed by atoms with van der Waals surface area (Å²) in [6, 6.07) is 20.5. The van der Waals surface area contributed by atoms with Crippen LogP contribution in [-0.4, -0.2) is 66.3 Å². The topological polar surface area (TPSA) is 116 Å². The first kappa shape index (κ1) is 33.3. The van der Waals surface area contributed by atoms with Gasteiger partial charge in [0.15, 0.2) is 0 Å². The predicted molar refractivity (Wildman–Crippen MR) is 201 cm³/mol. The molecule has 1 spiro atoms. The summed E-state index contributed by atoms with van der Waals surface area (Å²) in [5.41, 5.74) is 4.03. The van der Waals surface area contributed by atoms with Gasteiger partial charge in [0.1, 0.15) is 5.82 Å². The Morgan fingerprint density at radius 3 is 2.41 bits per heavy atom. The highest BCUT2D eigenvalue weighted by atomic mass is 32.1. The minimum Gasteiger partial charge on any atom is -0.381 e. The third kappa shape index (κ3) is 6.22. The summed E-state index contributed by atoms with van der Waals surface area (Å²) in [4.78, 5) is 56.2. The van der Waals surface area contributed by atoms with E-state index in [4.69, 9.17) is 9.73 Å². The number of pyridine rings is 1. The van der Waals surface area contributed by atoms with E-state index < -0.39 is 5.54 Å². The van der Waals surface area contributed by atoms with Crippen molar-refractivity contribution < 1.29 is 19.1 Å². The molecule has 3 aliphatic heterocycles. The molecule has 0 bridgehead atoms. The van der Waals surface area contributed by atoms with Crippen LogP contribution in [0.3, 0.4) is 0 Å². The molecule has 10 nitrogen and oxygen atoms in total. The predicted octanol–water partition coefficient (Wildman–Crippen LogP) is 7.16. The Bertz CT molecular complexity index is 2040. The Morgan fingerprint density at radius 1 is 0.941 bits per heavy atom. The fraction of sp³-hybridized carbons (Fsp3) is 0.375. The summed E-state index contributed by atoms with van der Waals surface area (Å²) in [6.45, 7) is 9.21. The SMILES string of the molecule is Cc1cnc(N2CC3(CCOCC3)C2)c(C(=O)Nc2ccc(C(=O)N3c4ccccc4N=C(c4ccc(C(=O)NC5CCC5)s4)C3(C)C)cc2)c1. The van der Waals surface area contributed by atoms with Gasteiger partial charge in [-0.25, -0.2) is 9.98 Å².